The van der Waals surface area contributed by atoms with Crippen molar-refractivity contribution in [3.8, 4) is 17.0 Å². The minimum atomic E-state index is -1.59. The molecule has 2 N–H and O–H groups in total. The van der Waals surface area contributed by atoms with Crippen molar-refractivity contribution in [1.82, 2.24) is 24.4 Å². The van der Waals surface area contributed by atoms with Gasteiger partial charge in [-0.25, -0.2) is 14.8 Å². The predicted molar refractivity (Wildman–Crippen MR) is 154 cm³/mol. The van der Waals surface area contributed by atoms with Crippen LogP contribution in [0.3, 0.4) is 0 Å². The van der Waals surface area contributed by atoms with Crippen LogP contribution in [0.1, 0.15) is 46.3 Å². The van der Waals surface area contributed by atoms with Gasteiger partial charge >= 0.3 is 6.09 Å². The molecule has 220 valence electrons. The highest BCUT2D eigenvalue weighted by Crippen LogP contribution is 2.42. The first-order valence-corrected chi connectivity index (χ1v) is 14.6. The molecule has 6 rings (SSSR count). The summed E-state index contributed by atoms with van der Waals surface area (Å²) in [6, 6.07) is 5.67. The SMILES string of the molecule is COc1ccc(-c2nc(N3CC4(O)CN(C(=O)OC(C)(C)C)CC4(O)C3)nc3c2ncn3C2CCCCO2)cc1Br. The number of rotatable bonds is 4. The highest BCUT2D eigenvalue weighted by atomic mass is 79.9. The second-order valence-corrected chi connectivity index (χ2v) is 13.0. The van der Waals surface area contributed by atoms with Gasteiger partial charge in [-0.1, -0.05) is 0 Å². The number of nitrogens with zero attached hydrogens (tertiary/aromatic N) is 6. The summed E-state index contributed by atoms with van der Waals surface area (Å²) in [5.74, 6) is 1.03. The zero-order chi connectivity index (χ0) is 29.2. The Morgan fingerprint density at radius 1 is 1.12 bits per heavy atom. The molecule has 5 heterocycles. The van der Waals surface area contributed by atoms with Crippen LogP contribution in [0, 0.1) is 0 Å². The number of methoxy groups -OCH3 is 1. The number of imidazole rings is 1. The number of hydrogen-bond donors (Lipinski definition) is 2. The number of β-amino-alcohol motifs (C(OH)–C–C–N with tert-alkyl or cyclic N) is 2. The summed E-state index contributed by atoms with van der Waals surface area (Å²) in [6.07, 6.45) is 3.88. The Morgan fingerprint density at radius 3 is 2.46 bits per heavy atom. The van der Waals surface area contributed by atoms with E-state index in [-0.39, 0.29) is 32.4 Å². The van der Waals surface area contributed by atoms with Gasteiger partial charge in [-0.05, 0) is 74.2 Å². The van der Waals surface area contributed by atoms with Crippen LogP contribution in [-0.2, 0) is 9.47 Å². The number of aromatic nitrogens is 4. The summed E-state index contributed by atoms with van der Waals surface area (Å²) >= 11 is 3.57. The molecule has 12 nitrogen and oxygen atoms in total. The van der Waals surface area contributed by atoms with E-state index >= 15 is 0 Å². The van der Waals surface area contributed by atoms with Gasteiger partial charge < -0.3 is 34.2 Å². The number of hydrogen-bond acceptors (Lipinski definition) is 10. The van der Waals surface area contributed by atoms with Crippen molar-refractivity contribution in [3.05, 3.63) is 29.0 Å². The zero-order valence-electron chi connectivity index (χ0n) is 23.6. The average molecular weight is 632 g/mol. The van der Waals surface area contributed by atoms with Crippen LogP contribution < -0.4 is 9.64 Å². The number of aliphatic hydroxyl groups is 2. The van der Waals surface area contributed by atoms with Gasteiger partial charge in [-0.3, -0.25) is 4.57 Å². The topological polar surface area (TPSA) is 135 Å². The number of fused-ring (bicyclic) bond motifs is 2. The van der Waals surface area contributed by atoms with Crippen molar-refractivity contribution in [2.45, 2.75) is 63.1 Å². The number of anilines is 1. The molecule has 1 amide bonds. The summed E-state index contributed by atoms with van der Waals surface area (Å²) in [5.41, 5.74) is -1.23. The Morgan fingerprint density at radius 2 is 1.85 bits per heavy atom. The van der Waals surface area contributed by atoms with Crippen LogP contribution >= 0.6 is 15.9 Å². The Kier molecular flexibility index (Phi) is 6.91. The summed E-state index contributed by atoms with van der Waals surface area (Å²) in [5, 5.41) is 23.2. The van der Waals surface area contributed by atoms with E-state index in [1.54, 1.807) is 39.1 Å². The third-order valence-corrected chi connectivity index (χ3v) is 8.53. The van der Waals surface area contributed by atoms with E-state index in [1.165, 1.54) is 4.90 Å². The van der Waals surface area contributed by atoms with Gasteiger partial charge in [-0.15, -0.1) is 0 Å². The number of benzene rings is 1. The fourth-order valence-corrected chi connectivity index (χ4v) is 6.42. The van der Waals surface area contributed by atoms with E-state index in [2.05, 4.69) is 20.9 Å². The molecule has 3 unspecified atom stereocenters. The van der Waals surface area contributed by atoms with Gasteiger partial charge in [0.25, 0.3) is 0 Å². The monoisotopic (exact) mass is 630 g/mol. The van der Waals surface area contributed by atoms with E-state index in [1.807, 2.05) is 22.8 Å². The summed E-state index contributed by atoms with van der Waals surface area (Å²) < 4.78 is 19.6. The van der Waals surface area contributed by atoms with Crippen LogP contribution in [0.5, 0.6) is 5.75 Å². The Labute approximate surface area is 246 Å². The minimum Gasteiger partial charge on any atom is -0.496 e. The molecule has 3 fully saturated rings. The quantitative estimate of drug-likeness (QED) is 0.441. The number of halogens is 1. The number of amides is 1. The molecular weight excluding hydrogens is 596 g/mol. The van der Waals surface area contributed by atoms with Gasteiger partial charge in [0.2, 0.25) is 5.95 Å². The van der Waals surface area contributed by atoms with Crippen LogP contribution in [-0.4, -0.2) is 97.4 Å². The number of likely N-dealkylation sites (tertiary alicyclic amines) is 1. The highest BCUT2D eigenvalue weighted by Gasteiger charge is 2.64. The van der Waals surface area contributed by atoms with Crippen molar-refractivity contribution in [2.24, 2.45) is 0 Å². The van der Waals surface area contributed by atoms with E-state index < -0.39 is 22.9 Å². The average Bonchev–Trinajstić information content (AvgIpc) is 3.53. The van der Waals surface area contributed by atoms with E-state index in [9.17, 15) is 15.0 Å². The van der Waals surface area contributed by atoms with E-state index in [0.29, 0.717) is 35.2 Å². The molecule has 41 heavy (non-hydrogen) atoms. The van der Waals surface area contributed by atoms with Crippen LogP contribution in [0.25, 0.3) is 22.4 Å². The molecule has 3 saturated heterocycles. The van der Waals surface area contributed by atoms with Crippen LogP contribution in [0.4, 0.5) is 10.7 Å². The van der Waals surface area contributed by atoms with Crippen LogP contribution in [0.15, 0.2) is 29.0 Å². The second-order valence-electron chi connectivity index (χ2n) is 12.1. The van der Waals surface area contributed by atoms with Crippen molar-refractivity contribution in [1.29, 1.82) is 0 Å². The van der Waals surface area contributed by atoms with Gasteiger partial charge in [0.05, 0.1) is 44.1 Å². The first-order valence-electron chi connectivity index (χ1n) is 13.8. The second kappa shape index (κ2) is 10.1. The standard InChI is InChI=1S/C28H35BrN6O6/c1-26(2,3)41-25(36)34-14-27(37)12-33(13-28(27,38)15-34)24-31-21(17-8-9-19(39-4)18(29)11-17)22-23(32-24)35(16-30-22)20-7-5-6-10-40-20/h8-9,11,16,20,37-38H,5-7,10,12-15H2,1-4H3. The van der Waals surface area contributed by atoms with E-state index in [0.717, 1.165) is 29.3 Å². The van der Waals surface area contributed by atoms with Gasteiger partial charge in [0.1, 0.15) is 40.0 Å². The fraction of sp³-hybridized carbons (Fsp3) is 0.571. The number of ether oxygens (including phenoxy) is 3. The van der Waals surface area contributed by atoms with Gasteiger partial charge in [0, 0.05) is 12.2 Å². The maximum absolute atomic E-state index is 12.7. The molecule has 0 radical (unpaired) electrons. The Hall–Kier alpha value is -3.00. The Bertz CT molecular complexity index is 1470. The Balaban J connectivity index is 1.38. The lowest BCUT2D eigenvalue weighted by Crippen LogP contribution is -2.52. The maximum Gasteiger partial charge on any atom is 0.410 e. The molecule has 3 aliphatic heterocycles. The lowest BCUT2D eigenvalue weighted by molar-refractivity contribution is -0.0797. The van der Waals surface area contributed by atoms with Crippen molar-refractivity contribution >= 4 is 39.1 Å². The van der Waals surface area contributed by atoms with Gasteiger partial charge in [-0.2, -0.15) is 4.98 Å². The molecule has 3 aliphatic rings. The minimum absolute atomic E-state index is 0.0358. The molecular formula is C28H35BrN6O6. The molecule has 1 aromatic carbocycles. The number of carbonyl (C=O) groups is 1. The molecule has 13 heteroatoms. The lowest BCUT2D eigenvalue weighted by atomic mass is 9.90. The summed E-state index contributed by atoms with van der Waals surface area (Å²) in [7, 11) is 1.61. The van der Waals surface area contributed by atoms with Crippen molar-refractivity contribution in [2.75, 3.05) is 44.8 Å². The van der Waals surface area contributed by atoms with Crippen LogP contribution in [0.2, 0.25) is 0 Å². The molecule has 3 atom stereocenters. The fourth-order valence-electron chi connectivity index (χ4n) is 5.88. The molecule has 2 aromatic heterocycles. The van der Waals surface area contributed by atoms with Crippen molar-refractivity contribution < 1.29 is 29.2 Å². The summed E-state index contributed by atoms with van der Waals surface area (Å²) in [4.78, 5) is 30.3. The first kappa shape index (κ1) is 28.1. The third kappa shape index (κ3) is 5.02. The molecule has 3 aromatic rings. The van der Waals surface area contributed by atoms with E-state index in [4.69, 9.17) is 24.2 Å². The van der Waals surface area contributed by atoms with Crippen molar-refractivity contribution in [3.63, 3.8) is 0 Å². The zero-order valence-corrected chi connectivity index (χ0v) is 25.2. The predicted octanol–water partition coefficient (Wildman–Crippen LogP) is 3.50. The number of carbonyl (C=O) groups excluding carboxylic acids is 1. The maximum atomic E-state index is 12.7. The first-order chi connectivity index (χ1) is 19.4. The molecule has 0 bridgehead atoms. The lowest BCUT2D eigenvalue weighted by Gasteiger charge is -2.27. The highest BCUT2D eigenvalue weighted by molar-refractivity contribution is 9.10. The molecule has 0 spiro atoms. The summed E-state index contributed by atoms with van der Waals surface area (Å²) in [6.45, 7) is 5.95. The van der Waals surface area contributed by atoms with Gasteiger partial charge in [0.15, 0.2) is 5.65 Å². The third-order valence-electron chi connectivity index (χ3n) is 7.91. The largest absolute Gasteiger partial charge is 0.496 e. The molecule has 0 saturated carbocycles. The smallest absolute Gasteiger partial charge is 0.410 e. The molecule has 0 aliphatic carbocycles. The normalized spacial score (nSPS) is 26.5.